The fourth-order valence-corrected chi connectivity index (χ4v) is 1.81. The average Bonchev–Trinajstić information content (AvgIpc) is 2.36. The van der Waals surface area contributed by atoms with Crippen molar-refractivity contribution in [1.29, 1.82) is 0 Å². The van der Waals surface area contributed by atoms with Crippen LogP contribution in [0.5, 0.6) is 0 Å². The van der Waals surface area contributed by atoms with Gasteiger partial charge in [0.2, 0.25) is 5.91 Å². The highest BCUT2D eigenvalue weighted by Gasteiger charge is 2.19. The number of rotatable bonds is 7. The summed E-state index contributed by atoms with van der Waals surface area (Å²) in [6.07, 6.45) is -0.551. The van der Waals surface area contributed by atoms with Crippen molar-refractivity contribution in [3.63, 3.8) is 0 Å². The van der Waals surface area contributed by atoms with E-state index in [0.29, 0.717) is 18.5 Å². The van der Waals surface area contributed by atoms with E-state index in [9.17, 15) is 14.3 Å². The maximum Gasteiger partial charge on any atom is 0.222 e. The summed E-state index contributed by atoms with van der Waals surface area (Å²) < 4.78 is 13.0. The quantitative estimate of drug-likeness (QED) is 0.714. The Bertz CT molecular complexity index is 448. The monoisotopic (exact) mass is 283 g/mol. The van der Waals surface area contributed by atoms with E-state index < -0.39 is 11.9 Å². The van der Waals surface area contributed by atoms with E-state index in [4.69, 9.17) is 5.11 Å². The van der Waals surface area contributed by atoms with Gasteiger partial charge in [0.05, 0.1) is 12.5 Å². The lowest BCUT2D eigenvalue weighted by Crippen LogP contribution is -2.35. The van der Waals surface area contributed by atoms with Crippen LogP contribution in [0.4, 0.5) is 4.39 Å². The second-order valence-corrected chi connectivity index (χ2v) is 5.69. The zero-order valence-electron chi connectivity index (χ0n) is 11.9. The fourth-order valence-electron chi connectivity index (χ4n) is 1.81. The molecule has 0 heterocycles. The predicted molar refractivity (Wildman–Crippen MR) is 74.5 cm³/mol. The summed E-state index contributed by atoms with van der Waals surface area (Å²) in [7, 11) is 0. The minimum atomic E-state index is -1.02. The maximum absolute atomic E-state index is 13.0. The Morgan fingerprint density at radius 1 is 1.45 bits per heavy atom. The Morgan fingerprint density at radius 2 is 2.15 bits per heavy atom. The lowest BCUT2D eigenvalue weighted by Gasteiger charge is -2.24. The number of nitrogens with one attached hydrogen (secondary N) is 1. The standard InChI is InChI=1S/C15H22FNO3/c1-15(2,6-7-18)10-17-14(20)9-13(19)11-4-3-5-12(16)8-11/h3-5,8,13,18-19H,6-7,9-10H2,1-2H3,(H,17,20). The van der Waals surface area contributed by atoms with Gasteiger partial charge in [0.1, 0.15) is 5.82 Å². The van der Waals surface area contributed by atoms with Gasteiger partial charge in [0.15, 0.2) is 0 Å². The summed E-state index contributed by atoms with van der Waals surface area (Å²) in [5, 5.41) is 21.5. The van der Waals surface area contributed by atoms with Crippen LogP contribution in [0.2, 0.25) is 0 Å². The first-order chi connectivity index (χ1) is 9.34. The van der Waals surface area contributed by atoms with Gasteiger partial charge in [-0.25, -0.2) is 4.39 Å². The van der Waals surface area contributed by atoms with Gasteiger partial charge in [-0.05, 0) is 29.5 Å². The van der Waals surface area contributed by atoms with E-state index in [-0.39, 0.29) is 24.3 Å². The molecule has 0 aliphatic heterocycles. The number of hydrogen-bond donors (Lipinski definition) is 3. The molecule has 4 nitrogen and oxygen atoms in total. The van der Waals surface area contributed by atoms with Crippen LogP contribution in [0, 0.1) is 11.2 Å². The zero-order chi connectivity index (χ0) is 15.2. The Balaban J connectivity index is 2.46. The molecule has 0 bridgehead atoms. The van der Waals surface area contributed by atoms with E-state index >= 15 is 0 Å². The summed E-state index contributed by atoms with van der Waals surface area (Å²) in [6.45, 7) is 4.36. The van der Waals surface area contributed by atoms with Crippen molar-refractivity contribution in [2.45, 2.75) is 32.8 Å². The Kier molecular flexibility index (Phi) is 6.10. The smallest absolute Gasteiger partial charge is 0.222 e. The van der Waals surface area contributed by atoms with Crippen LogP contribution in [0.3, 0.4) is 0 Å². The predicted octanol–water partition coefficient (Wildman–Crippen LogP) is 1.77. The molecule has 112 valence electrons. The summed E-state index contributed by atoms with van der Waals surface area (Å²) in [5.74, 6) is -0.737. The molecule has 0 aliphatic rings. The minimum Gasteiger partial charge on any atom is -0.396 e. The Labute approximate surface area is 118 Å². The van der Waals surface area contributed by atoms with Crippen molar-refractivity contribution in [3.8, 4) is 0 Å². The molecule has 1 unspecified atom stereocenters. The summed E-state index contributed by atoms with van der Waals surface area (Å²) >= 11 is 0. The lowest BCUT2D eigenvalue weighted by molar-refractivity contribution is -0.123. The number of aliphatic hydroxyl groups excluding tert-OH is 2. The molecule has 1 aromatic rings. The first-order valence-electron chi connectivity index (χ1n) is 6.65. The summed E-state index contributed by atoms with van der Waals surface area (Å²) in [6, 6.07) is 5.58. The highest BCUT2D eigenvalue weighted by atomic mass is 19.1. The SMILES string of the molecule is CC(C)(CCO)CNC(=O)CC(O)c1cccc(F)c1. The molecule has 5 heteroatoms. The topological polar surface area (TPSA) is 69.6 Å². The molecule has 1 amide bonds. The van der Waals surface area contributed by atoms with E-state index in [1.165, 1.54) is 18.2 Å². The number of carbonyl (C=O) groups excluding carboxylic acids is 1. The number of carbonyl (C=O) groups is 1. The third-order valence-corrected chi connectivity index (χ3v) is 3.16. The number of amides is 1. The molecular formula is C15H22FNO3. The third kappa shape index (κ3) is 5.67. The van der Waals surface area contributed by atoms with Gasteiger partial charge < -0.3 is 15.5 Å². The fraction of sp³-hybridized carbons (Fsp3) is 0.533. The van der Waals surface area contributed by atoms with Gasteiger partial charge in [0, 0.05) is 13.2 Å². The van der Waals surface area contributed by atoms with E-state index in [0.717, 1.165) is 0 Å². The van der Waals surface area contributed by atoms with Gasteiger partial charge in [-0.3, -0.25) is 4.79 Å². The normalized spacial score (nSPS) is 13.1. The van der Waals surface area contributed by atoms with Gasteiger partial charge in [-0.2, -0.15) is 0 Å². The average molecular weight is 283 g/mol. The van der Waals surface area contributed by atoms with Crippen molar-refractivity contribution in [1.82, 2.24) is 5.32 Å². The molecule has 0 saturated carbocycles. The second kappa shape index (κ2) is 7.36. The van der Waals surface area contributed by atoms with Gasteiger partial charge in [-0.1, -0.05) is 26.0 Å². The number of aliphatic hydroxyl groups is 2. The van der Waals surface area contributed by atoms with Crippen LogP contribution in [0.15, 0.2) is 24.3 Å². The van der Waals surface area contributed by atoms with Crippen molar-refractivity contribution in [3.05, 3.63) is 35.6 Å². The van der Waals surface area contributed by atoms with Gasteiger partial charge in [0.25, 0.3) is 0 Å². The largest absolute Gasteiger partial charge is 0.396 e. The summed E-state index contributed by atoms with van der Waals surface area (Å²) in [4.78, 5) is 11.7. The zero-order valence-corrected chi connectivity index (χ0v) is 11.9. The molecule has 1 rings (SSSR count). The number of halogens is 1. The maximum atomic E-state index is 13.0. The molecule has 0 aromatic heterocycles. The Morgan fingerprint density at radius 3 is 2.75 bits per heavy atom. The van der Waals surface area contributed by atoms with Crippen molar-refractivity contribution in [2.24, 2.45) is 5.41 Å². The van der Waals surface area contributed by atoms with Gasteiger partial charge in [-0.15, -0.1) is 0 Å². The molecule has 1 aromatic carbocycles. The molecule has 1 atom stereocenters. The highest BCUT2D eigenvalue weighted by Crippen LogP contribution is 2.20. The molecule has 0 radical (unpaired) electrons. The van der Waals surface area contributed by atoms with Crippen LogP contribution < -0.4 is 5.32 Å². The second-order valence-electron chi connectivity index (χ2n) is 5.69. The lowest BCUT2D eigenvalue weighted by atomic mass is 9.89. The highest BCUT2D eigenvalue weighted by molar-refractivity contribution is 5.76. The van der Waals surface area contributed by atoms with E-state index in [1.54, 1.807) is 6.07 Å². The van der Waals surface area contributed by atoms with Crippen LogP contribution in [0.1, 0.15) is 38.4 Å². The molecule has 0 spiro atoms. The molecular weight excluding hydrogens is 261 g/mol. The molecule has 0 saturated heterocycles. The van der Waals surface area contributed by atoms with E-state index in [2.05, 4.69) is 5.32 Å². The van der Waals surface area contributed by atoms with Gasteiger partial charge >= 0.3 is 0 Å². The van der Waals surface area contributed by atoms with Crippen molar-refractivity contribution < 1.29 is 19.4 Å². The molecule has 20 heavy (non-hydrogen) atoms. The Hall–Kier alpha value is -1.46. The summed E-state index contributed by atoms with van der Waals surface area (Å²) in [5.41, 5.74) is 0.184. The number of benzene rings is 1. The van der Waals surface area contributed by atoms with Crippen LogP contribution in [-0.2, 0) is 4.79 Å². The first kappa shape index (κ1) is 16.6. The molecule has 0 fully saturated rings. The molecule has 0 aliphatic carbocycles. The third-order valence-electron chi connectivity index (χ3n) is 3.16. The molecule has 3 N–H and O–H groups in total. The van der Waals surface area contributed by atoms with Crippen LogP contribution in [0.25, 0.3) is 0 Å². The first-order valence-corrected chi connectivity index (χ1v) is 6.65. The van der Waals surface area contributed by atoms with Crippen molar-refractivity contribution >= 4 is 5.91 Å². The number of hydrogen-bond acceptors (Lipinski definition) is 3. The van der Waals surface area contributed by atoms with Crippen molar-refractivity contribution in [2.75, 3.05) is 13.2 Å². The van der Waals surface area contributed by atoms with Crippen LogP contribution >= 0.6 is 0 Å². The van der Waals surface area contributed by atoms with Crippen LogP contribution in [-0.4, -0.2) is 29.3 Å². The van der Waals surface area contributed by atoms with E-state index in [1.807, 2.05) is 13.8 Å². The minimum absolute atomic E-state index is 0.0643.